The highest BCUT2D eigenvalue weighted by Gasteiger charge is 2.67. The van der Waals surface area contributed by atoms with E-state index in [9.17, 15) is 38.7 Å². The van der Waals surface area contributed by atoms with Crippen LogP contribution in [-0.2, 0) is 40.0 Å². The molecule has 8 N–H and O–H groups in total. The van der Waals surface area contributed by atoms with Gasteiger partial charge in [0, 0.05) is 32.2 Å². The Labute approximate surface area is 244 Å². The molecule has 0 aliphatic carbocycles. The van der Waals surface area contributed by atoms with E-state index in [1.807, 2.05) is 0 Å². The smallest absolute Gasteiger partial charge is 0.251 e. The van der Waals surface area contributed by atoms with Gasteiger partial charge in [-0.15, -0.1) is 0 Å². The minimum Gasteiger partial charge on any atom is -0.508 e. The fourth-order valence-electron chi connectivity index (χ4n) is 7.50. The van der Waals surface area contributed by atoms with Gasteiger partial charge in [-0.25, -0.2) is 0 Å². The van der Waals surface area contributed by atoms with Crippen molar-refractivity contribution in [3.8, 4) is 5.75 Å². The van der Waals surface area contributed by atoms with Crippen molar-refractivity contribution in [1.82, 2.24) is 36.4 Å². The molecule has 43 heavy (non-hydrogen) atoms. The molecule has 1 aromatic rings. The number of primary amides is 1. The van der Waals surface area contributed by atoms with Crippen LogP contribution in [0.1, 0.15) is 24.8 Å². The summed E-state index contributed by atoms with van der Waals surface area (Å²) in [7, 11) is 0. The average molecular weight is 595 g/mol. The van der Waals surface area contributed by atoms with Gasteiger partial charge in [0.15, 0.2) is 0 Å². The van der Waals surface area contributed by atoms with Crippen LogP contribution < -0.4 is 32.3 Å². The van der Waals surface area contributed by atoms with Gasteiger partial charge in [0.2, 0.25) is 29.5 Å². The molecular weight excluding hydrogens is 564 g/mol. The first-order valence-electron chi connectivity index (χ1n) is 14.1. The molecule has 1 aromatic carbocycles. The highest BCUT2D eigenvalue weighted by molar-refractivity contribution is 6.08. The summed E-state index contributed by atoms with van der Waals surface area (Å²) in [5.74, 6) is -3.69. The lowest BCUT2D eigenvalue weighted by Gasteiger charge is -2.42. The third-order valence-electron chi connectivity index (χ3n) is 9.73. The Hall–Kier alpha value is -4.73. The Morgan fingerprint density at radius 1 is 0.814 bits per heavy atom. The Balaban J connectivity index is 1.09. The molecule has 7 amide bonds. The molecule has 0 saturated carbocycles. The summed E-state index contributed by atoms with van der Waals surface area (Å²) in [5, 5.41) is 23.3. The Bertz CT molecular complexity index is 1520. The molecule has 6 aliphatic heterocycles. The van der Waals surface area contributed by atoms with Gasteiger partial charge < -0.3 is 47.2 Å². The number of phenolic OH excluding ortho intramolecular Hbond substituents is 1. The number of rotatable bonds is 3. The van der Waals surface area contributed by atoms with Crippen LogP contribution in [0.3, 0.4) is 0 Å². The predicted octanol–water partition coefficient (Wildman–Crippen LogP) is -4.93. The Morgan fingerprint density at radius 2 is 1.37 bits per heavy atom. The molecule has 3 spiro atoms. The maximum Gasteiger partial charge on any atom is 0.251 e. The standard InChI is InChI=1S/C27H30N8O8/c28-18(37)15-6-25(9-29-15)23(42)35-11-27(8-17(35)20(39)32-25)24(43)34-10-26(7-16(34)21(40)33-27)22(41)30-14(19(38)31-26)5-12-1-3-13(36)4-2-12/h1-4,14-17,29,36H,5-11H2,(H2,28,37)(H,30,41)(H,31,38)(H,32,39)(H,33,40)/t14-,15?,16?,17?,25-,26-,27-/m0/s1. The predicted molar refractivity (Wildman–Crippen MR) is 142 cm³/mol. The van der Waals surface area contributed by atoms with E-state index in [4.69, 9.17) is 5.73 Å². The monoisotopic (exact) mass is 594 g/mol. The summed E-state index contributed by atoms with van der Waals surface area (Å²) >= 11 is 0. The molecule has 7 rings (SSSR count). The van der Waals surface area contributed by atoms with Crippen LogP contribution in [-0.4, -0.2) is 117 Å². The number of hydrogen-bond acceptors (Lipinski definition) is 9. The maximum absolute atomic E-state index is 14.0. The van der Waals surface area contributed by atoms with Crippen molar-refractivity contribution in [2.75, 3.05) is 19.6 Å². The van der Waals surface area contributed by atoms with Gasteiger partial charge in [0.1, 0.15) is 40.5 Å². The lowest BCUT2D eigenvalue weighted by atomic mass is 9.88. The van der Waals surface area contributed by atoms with E-state index >= 15 is 0 Å². The van der Waals surface area contributed by atoms with Crippen LogP contribution >= 0.6 is 0 Å². The van der Waals surface area contributed by atoms with E-state index in [2.05, 4.69) is 26.6 Å². The molecule has 0 bridgehead atoms. The van der Waals surface area contributed by atoms with E-state index in [0.717, 1.165) is 0 Å². The lowest BCUT2D eigenvalue weighted by Crippen LogP contribution is -2.72. The second-order valence-electron chi connectivity index (χ2n) is 12.5. The first-order valence-corrected chi connectivity index (χ1v) is 14.1. The number of nitrogens with two attached hydrogens (primary N) is 1. The molecule has 6 heterocycles. The molecule has 0 radical (unpaired) electrons. The van der Waals surface area contributed by atoms with Crippen LogP contribution in [0.4, 0.5) is 0 Å². The highest BCUT2D eigenvalue weighted by atomic mass is 16.3. The maximum atomic E-state index is 14.0. The second-order valence-corrected chi connectivity index (χ2v) is 12.5. The van der Waals surface area contributed by atoms with Crippen LogP contribution in [0, 0.1) is 0 Å². The second kappa shape index (κ2) is 8.89. The van der Waals surface area contributed by atoms with Crippen molar-refractivity contribution in [1.29, 1.82) is 0 Å². The third kappa shape index (κ3) is 3.88. The number of nitrogens with zero attached hydrogens (tertiary/aromatic N) is 2. The molecule has 6 saturated heterocycles. The van der Waals surface area contributed by atoms with E-state index in [-0.39, 0.29) is 51.1 Å². The molecule has 7 atom stereocenters. The van der Waals surface area contributed by atoms with Crippen LogP contribution in [0.2, 0.25) is 0 Å². The number of benzene rings is 1. The summed E-state index contributed by atoms with van der Waals surface area (Å²) in [6.07, 6.45) is -0.168. The Kier molecular flexibility index (Phi) is 5.61. The van der Waals surface area contributed by atoms with E-state index in [0.29, 0.717) is 5.56 Å². The third-order valence-corrected chi connectivity index (χ3v) is 9.73. The van der Waals surface area contributed by atoms with Crippen molar-refractivity contribution in [2.45, 2.75) is 66.5 Å². The first-order chi connectivity index (χ1) is 20.4. The number of fused-ring (bicyclic) bond motifs is 2. The van der Waals surface area contributed by atoms with Gasteiger partial charge in [0.25, 0.3) is 11.8 Å². The summed E-state index contributed by atoms with van der Waals surface area (Å²) in [4.78, 5) is 95.1. The van der Waals surface area contributed by atoms with Crippen molar-refractivity contribution in [2.24, 2.45) is 5.73 Å². The van der Waals surface area contributed by atoms with Gasteiger partial charge in [-0.3, -0.25) is 33.6 Å². The number of carbonyl (C=O) groups is 7. The van der Waals surface area contributed by atoms with Crippen LogP contribution in [0.25, 0.3) is 0 Å². The van der Waals surface area contributed by atoms with Crippen molar-refractivity contribution < 1.29 is 38.7 Å². The van der Waals surface area contributed by atoms with Crippen LogP contribution in [0.5, 0.6) is 5.75 Å². The molecule has 16 nitrogen and oxygen atoms in total. The van der Waals surface area contributed by atoms with E-state index in [1.165, 1.54) is 21.9 Å². The highest BCUT2D eigenvalue weighted by Crippen LogP contribution is 2.41. The van der Waals surface area contributed by atoms with Gasteiger partial charge in [-0.05, 0) is 17.7 Å². The fraction of sp³-hybridized carbons (Fsp3) is 0.519. The average Bonchev–Trinajstić information content (AvgIpc) is 3.67. The molecule has 226 valence electrons. The largest absolute Gasteiger partial charge is 0.508 e. The van der Waals surface area contributed by atoms with Gasteiger partial charge in [-0.1, -0.05) is 12.1 Å². The molecular formula is C27H30N8O8. The Morgan fingerprint density at radius 3 is 2.00 bits per heavy atom. The topological polar surface area (TPSA) is 232 Å². The fourth-order valence-corrected chi connectivity index (χ4v) is 7.50. The molecule has 0 aromatic heterocycles. The summed E-state index contributed by atoms with van der Waals surface area (Å²) < 4.78 is 0. The summed E-state index contributed by atoms with van der Waals surface area (Å²) in [6, 6.07) is 2.46. The number of hydrogen-bond donors (Lipinski definition) is 7. The molecule has 16 heteroatoms. The van der Waals surface area contributed by atoms with E-state index < -0.39 is 82.1 Å². The minimum absolute atomic E-state index is 0.0129. The number of phenols is 1. The van der Waals surface area contributed by atoms with Gasteiger partial charge in [0.05, 0.1) is 19.1 Å². The number of carbonyl (C=O) groups excluding carboxylic acids is 7. The number of aromatic hydroxyl groups is 1. The zero-order valence-electron chi connectivity index (χ0n) is 22.8. The molecule has 6 fully saturated rings. The van der Waals surface area contributed by atoms with Gasteiger partial charge in [-0.2, -0.15) is 0 Å². The van der Waals surface area contributed by atoms with Crippen molar-refractivity contribution in [3.63, 3.8) is 0 Å². The normalized spacial score (nSPS) is 38.2. The minimum atomic E-state index is -1.60. The summed E-state index contributed by atoms with van der Waals surface area (Å²) in [6.45, 7) is -0.532. The number of amides is 7. The molecule has 3 unspecified atom stereocenters. The zero-order chi connectivity index (χ0) is 30.5. The van der Waals surface area contributed by atoms with Gasteiger partial charge >= 0.3 is 0 Å². The summed E-state index contributed by atoms with van der Waals surface area (Å²) in [5.41, 5.74) is 1.57. The lowest BCUT2D eigenvalue weighted by molar-refractivity contribution is -0.154. The first kappa shape index (κ1) is 27.1. The number of piperazine rings is 3. The quantitative estimate of drug-likeness (QED) is 0.177. The van der Waals surface area contributed by atoms with Crippen molar-refractivity contribution in [3.05, 3.63) is 29.8 Å². The SMILES string of the molecule is NC(=O)C1C[C@@]2(CN1)NC(=O)C1C[C@@]3(CN1C2=O)NC(=O)C1C[C@@]2(CN1C3=O)NC(=O)[C@H](Cc1ccc(O)cc1)NC2=O. The molecule has 6 aliphatic rings. The van der Waals surface area contributed by atoms with Crippen LogP contribution in [0.15, 0.2) is 24.3 Å². The number of nitrogens with one attached hydrogen (secondary N) is 5. The van der Waals surface area contributed by atoms with E-state index in [1.54, 1.807) is 12.1 Å². The van der Waals surface area contributed by atoms with Crippen molar-refractivity contribution >= 4 is 41.4 Å². The zero-order valence-corrected chi connectivity index (χ0v) is 22.8.